The normalized spacial score (nSPS) is 18.9. The molecule has 1 amide bonds. The maximum absolute atomic E-state index is 13.2. The Labute approximate surface area is 225 Å². The highest BCUT2D eigenvalue weighted by Gasteiger charge is 2.32. The molecule has 1 heterocycles. The number of carbonyl (C=O) groups is 1. The van der Waals surface area contributed by atoms with Crippen molar-refractivity contribution in [3.63, 3.8) is 0 Å². The molecule has 1 aliphatic carbocycles. The largest absolute Gasteiger partial charge is 0.446 e. The number of hydrogen-bond acceptors (Lipinski definition) is 7. The van der Waals surface area contributed by atoms with Crippen LogP contribution in [-0.2, 0) is 24.8 Å². The second-order valence-electron chi connectivity index (χ2n) is 10.0. The summed E-state index contributed by atoms with van der Waals surface area (Å²) in [6, 6.07) is 12.2. The van der Waals surface area contributed by atoms with E-state index in [0.29, 0.717) is 24.5 Å². The van der Waals surface area contributed by atoms with Crippen molar-refractivity contribution in [2.75, 3.05) is 43.9 Å². The van der Waals surface area contributed by atoms with E-state index in [9.17, 15) is 21.6 Å². The zero-order valence-electron chi connectivity index (χ0n) is 22.0. The Morgan fingerprint density at radius 1 is 0.895 bits per heavy atom. The van der Waals surface area contributed by atoms with Crippen molar-refractivity contribution in [2.45, 2.75) is 60.5 Å². The van der Waals surface area contributed by atoms with E-state index in [1.54, 1.807) is 17.0 Å². The van der Waals surface area contributed by atoms with Gasteiger partial charge < -0.3 is 14.5 Å². The number of amides is 1. The molecule has 10 nitrogen and oxygen atoms in total. The second-order valence-corrected chi connectivity index (χ2v) is 13.9. The zero-order chi connectivity index (χ0) is 27.5. The third kappa shape index (κ3) is 6.24. The van der Waals surface area contributed by atoms with E-state index in [2.05, 4.69) is 4.72 Å². The van der Waals surface area contributed by atoms with Crippen LogP contribution in [0.3, 0.4) is 0 Å². The fourth-order valence-corrected chi connectivity index (χ4v) is 6.87. The van der Waals surface area contributed by atoms with Gasteiger partial charge in [0.25, 0.3) is 10.0 Å². The lowest BCUT2D eigenvalue weighted by molar-refractivity contribution is 0.0505. The number of rotatable bonds is 8. The Bertz CT molecular complexity index is 1340. The molecule has 1 aliphatic heterocycles. The maximum Gasteiger partial charge on any atom is 0.410 e. The number of anilines is 2. The first kappa shape index (κ1) is 28.2. The van der Waals surface area contributed by atoms with Gasteiger partial charge in [-0.1, -0.05) is 18.6 Å². The summed E-state index contributed by atoms with van der Waals surface area (Å²) < 4.78 is 60.4. The number of carbonyl (C=O) groups excluding carboxylic acids is 1. The van der Waals surface area contributed by atoms with Crippen LogP contribution in [0.15, 0.2) is 58.3 Å². The highest BCUT2D eigenvalue weighted by atomic mass is 32.2. The van der Waals surface area contributed by atoms with Crippen LogP contribution in [0.5, 0.6) is 0 Å². The average molecular weight is 565 g/mol. The average Bonchev–Trinajstić information content (AvgIpc) is 3.40. The standard InChI is InChI=1S/C26H36N4O6S2/c1-28(2)38(34,35)23-15-13-22(14-16-23)37(32,33)27-24-11-7-8-12-25(24)29(3)20-17-18-30(19-20)26(31)36-21-9-5-4-6-10-21/h7-8,11-16,20-21,27H,4-6,9-10,17-19H2,1-3H3. The lowest BCUT2D eigenvalue weighted by atomic mass is 9.98. The number of ether oxygens (including phenoxy) is 1. The van der Waals surface area contributed by atoms with Crippen LogP contribution in [-0.4, -0.2) is 78.5 Å². The molecule has 1 atom stereocenters. The second kappa shape index (κ2) is 11.5. The Hall–Kier alpha value is -2.83. The predicted octanol–water partition coefficient (Wildman–Crippen LogP) is 3.72. The summed E-state index contributed by atoms with van der Waals surface area (Å²) in [5.41, 5.74) is 1.07. The van der Waals surface area contributed by atoms with Gasteiger partial charge >= 0.3 is 6.09 Å². The molecule has 1 N–H and O–H groups in total. The van der Waals surface area contributed by atoms with Gasteiger partial charge in [-0.05, 0) is 68.5 Å². The predicted molar refractivity (Wildman–Crippen MR) is 146 cm³/mol. The molecule has 0 radical (unpaired) electrons. The SMILES string of the molecule is CN(c1ccccc1NS(=O)(=O)c1ccc(S(=O)(=O)N(C)C)cc1)C1CCN(C(=O)OC2CCCCC2)C1. The monoisotopic (exact) mass is 564 g/mol. The molecule has 38 heavy (non-hydrogen) atoms. The topological polar surface area (TPSA) is 116 Å². The molecular formula is C26H36N4O6S2. The molecule has 12 heteroatoms. The van der Waals surface area contributed by atoms with E-state index in [1.165, 1.54) is 44.8 Å². The van der Waals surface area contributed by atoms with Crippen LogP contribution in [0.25, 0.3) is 0 Å². The number of nitrogens with zero attached hydrogens (tertiary/aromatic N) is 3. The number of benzene rings is 2. The van der Waals surface area contributed by atoms with E-state index >= 15 is 0 Å². The molecule has 1 saturated heterocycles. The molecule has 2 fully saturated rings. The molecule has 1 saturated carbocycles. The van der Waals surface area contributed by atoms with Gasteiger partial charge in [-0.15, -0.1) is 0 Å². The van der Waals surface area contributed by atoms with Crippen LogP contribution in [0.1, 0.15) is 38.5 Å². The van der Waals surface area contributed by atoms with Gasteiger partial charge in [0.2, 0.25) is 10.0 Å². The number of hydrogen-bond donors (Lipinski definition) is 1. The molecule has 0 bridgehead atoms. The number of likely N-dealkylation sites (tertiary alicyclic amines) is 1. The first-order valence-corrected chi connectivity index (χ1v) is 15.7. The van der Waals surface area contributed by atoms with Crippen LogP contribution in [0, 0.1) is 0 Å². The minimum atomic E-state index is -3.99. The van der Waals surface area contributed by atoms with Crippen LogP contribution in [0.4, 0.5) is 16.2 Å². The van der Waals surface area contributed by atoms with Gasteiger partial charge in [-0.3, -0.25) is 4.72 Å². The third-order valence-electron chi connectivity index (χ3n) is 7.23. The fourth-order valence-electron chi connectivity index (χ4n) is 4.89. The maximum atomic E-state index is 13.2. The lowest BCUT2D eigenvalue weighted by Crippen LogP contribution is -2.38. The minimum absolute atomic E-state index is 0.000202. The Morgan fingerprint density at radius 3 is 2.18 bits per heavy atom. The Morgan fingerprint density at radius 2 is 1.53 bits per heavy atom. The highest BCUT2D eigenvalue weighted by Crippen LogP contribution is 2.31. The summed E-state index contributed by atoms with van der Waals surface area (Å²) in [5, 5.41) is 0. The van der Waals surface area contributed by atoms with Crippen LogP contribution in [0.2, 0.25) is 0 Å². The van der Waals surface area contributed by atoms with Gasteiger partial charge in [0.1, 0.15) is 6.10 Å². The van der Waals surface area contributed by atoms with Gasteiger partial charge in [-0.2, -0.15) is 0 Å². The summed E-state index contributed by atoms with van der Waals surface area (Å²) in [6.07, 6.45) is 5.68. The van der Waals surface area contributed by atoms with Crippen molar-refractivity contribution < 1.29 is 26.4 Å². The molecule has 208 valence electrons. The number of likely N-dealkylation sites (N-methyl/N-ethyl adjacent to an activating group) is 1. The van der Waals surface area contributed by atoms with Crippen LogP contribution < -0.4 is 9.62 Å². The molecule has 1 unspecified atom stereocenters. The zero-order valence-corrected chi connectivity index (χ0v) is 23.7. The lowest BCUT2D eigenvalue weighted by Gasteiger charge is -2.29. The van der Waals surface area contributed by atoms with E-state index in [0.717, 1.165) is 36.4 Å². The summed E-state index contributed by atoms with van der Waals surface area (Å²) in [4.78, 5) is 16.4. The smallest absolute Gasteiger partial charge is 0.410 e. The molecule has 0 spiro atoms. The highest BCUT2D eigenvalue weighted by molar-refractivity contribution is 7.92. The van der Waals surface area contributed by atoms with Crippen molar-refractivity contribution in [1.29, 1.82) is 0 Å². The number of sulfonamides is 2. The van der Waals surface area contributed by atoms with E-state index in [1.807, 2.05) is 24.1 Å². The molecule has 0 aromatic heterocycles. The Balaban J connectivity index is 1.45. The summed E-state index contributed by atoms with van der Waals surface area (Å²) in [6.45, 7) is 1.07. The molecule has 2 aromatic rings. The molecular weight excluding hydrogens is 528 g/mol. The quantitative estimate of drug-likeness (QED) is 0.520. The van der Waals surface area contributed by atoms with Gasteiger partial charge in [0.15, 0.2) is 0 Å². The van der Waals surface area contributed by atoms with Crippen molar-refractivity contribution in [3.8, 4) is 0 Å². The molecule has 2 aliphatic rings. The van der Waals surface area contributed by atoms with Gasteiger partial charge in [0, 0.05) is 40.3 Å². The molecule has 4 rings (SSSR count). The first-order valence-electron chi connectivity index (χ1n) is 12.8. The van der Waals surface area contributed by atoms with Crippen molar-refractivity contribution in [2.24, 2.45) is 0 Å². The summed E-state index contributed by atoms with van der Waals surface area (Å²) >= 11 is 0. The fraction of sp³-hybridized carbons (Fsp3) is 0.500. The van der Waals surface area contributed by atoms with E-state index < -0.39 is 20.0 Å². The van der Waals surface area contributed by atoms with Crippen molar-refractivity contribution in [3.05, 3.63) is 48.5 Å². The van der Waals surface area contributed by atoms with Gasteiger partial charge in [-0.25, -0.2) is 25.9 Å². The summed E-state index contributed by atoms with van der Waals surface area (Å²) in [7, 11) is -2.94. The third-order valence-corrected chi connectivity index (χ3v) is 10.4. The summed E-state index contributed by atoms with van der Waals surface area (Å²) in [5.74, 6) is 0. The number of para-hydroxylation sites is 2. The molecule has 2 aromatic carbocycles. The minimum Gasteiger partial charge on any atom is -0.446 e. The van der Waals surface area contributed by atoms with E-state index in [-0.39, 0.29) is 28.0 Å². The first-order chi connectivity index (χ1) is 18.0. The van der Waals surface area contributed by atoms with Gasteiger partial charge in [0.05, 0.1) is 21.2 Å². The Kier molecular flexibility index (Phi) is 8.53. The van der Waals surface area contributed by atoms with Crippen molar-refractivity contribution in [1.82, 2.24) is 9.21 Å². The number of nitrogens with one attached hydrogen (secondary N) is 1. The van der Waals surface area contributed by atoms with Crippen LogP contribution >= 0.6 is 0 Å². The van der Waals surface area contributed by atoms with Crippen molar-refractivity contribution >= 4 is 37.5 Å². The van der Waals surface area contributed by atoms with E-state index in [4.69, 9.17) is 4.74 Å².